The van der Waals surface area contributed by atoms with Gasteiger partial charge in [-0.1, -0.05) is 30.3 Å². The van der Waals surface area contributed by atoms with Gasteiger partial charge in [0.15, 0.2) is 11.9 Å². The van der Waals surface area contributed by atoms with E-state index in [1.54, 1.807) is 6.07 Å². The van der Waals surface area contributed by atoms with Gasteiger partial charge in [-0.3, -0.25) is 4.79 Å². The zero-order chi connectivity index (χ0) is 16.2. The number of halogens is 2. The van der Waals surface area contributed by atoms with Gasteiger partial charge in [0.25, 0.3) is 0 Å². The molecule has 6 nitrogen and oxygen atoms in total. The summed E-state index contributed by atoms with van der Waals surface area (Å²) in [6.45, 7) is 0. The Morgan fingerprint density at radius 2 is 1.67 bits per heavy atom. The van der Waals surface area contributed by atoms with Gasteiger partial charge >= 0.3 is 11.9 Å². The lowest BCUT2D eigenvalue weighted by molar-refractivity contribution is -0.196. The number of rotatable bonds is 6. The Kier molecular flexibility index (Phi) is 5.67. The van der Waals surface area contributed by atoms with Crippen LogP contribution in [0.5, 0.6) is 0 Å². The number of aliphatic hydroxyl groups is 3. The lowest BCUT2D eigenvalue weighted by atomic mass is 9.96. The lowest BCUT2D eigenvalue weighted by Gasteiger charge is -2.27. The average Bonchev–Trinajstić information content (AvgIpc) is 2.51. The fourth-order valence-electron chi connectivity index (χ4n) is 1.57. The quantitative estimate of drug-likeness (QED) is 0.431. The molecule has 0 fully saturated rings. The van der Waals surface area contributed by atoms with E-state index >= 15 is 0 Å². The molecule has 0 aromatic heterocycles. The Labute approximate surface area is 121 Å². The molecular weight excluding hydrogens is 306 g/mol. The molecule has 21 heavy (non-hydrogen) atoms. The molecule has 0 bridgehead atoms. The van der Waals surface area contributed by atoms with Crippen molar-refractivity contribution >= 4 is 22.2 Å². The molecule has 116 valence electrons. The first-order valence-electron chi connectivity index (χ1n) is 5.83. The summed E-state index contributed by atoms with van der Waals surface area (Å²) >= 11 is 0. The number of hydrogen-bond acceptors (Lipinski definition) is 6. The van der Waals surface area contributed by atoms with E-state index in [0.29, 0.717) is 0 Å². The van der Waals surface area contributed by atoms with Crippen molar-refractivity contribution in [2.24, 2.45) is 0 Å². The van der Waals surface area contributed by atoms with Gasteiger partial charge in [0.05, 0.1) is 0 Å². The van der Waals surface area contributed by atoms with Crippen molar-refractivity contribution in [2.75, 3.05) is 0 Å². The number of hydrogen-bond donors (Lipinski definition) is 3. The van der Waals surface area contributed by atoms with Crippen molar-refractivity contribution in [2.45, 2.75) is 24.2 Å². The monoisotopic (exact) mass is 320 g/mol. The van der Waals surface area contributed by atoms with Gasteiger partial charge in [-0.2, -0.15) is 8.78 Å². The fourth-order valence-corrected chi connectivity index (χ4v) is 1.84. The molecule has 0 heterocycles. The number of Topliss-reactive ketones (excluding diaryl/α,β-unsaturated/α-hetero) is 1. The topological polar surface area (TPSA) is 104 Å². The fraction of sp³-hybridized carbons (Fsp3) is 0.333. The van der Waals surface area contributed by atoms with E-state index in [2.05, 4.69) is 4.43 Å². The SMILES string of the molecule is O=C(c1ccccc1)C(O)[C@@H](O)[C@H](O)C(F)(F)C(=O)O[SiH3]. The van der Waals surface area contributed by atoms with Crippen LogP contribution in [0.25, 0.3) is 0 Å². The van der Waals surface area contributed by atoms with Crippen LogP contribution in [0.3, 0.4) is 0 Å². The zero-order valence-corrected chi connectivity index (χ0v) is 12.9. The summed E-state index contributed by atoms with van der Waals surface area (Å²) in [7, 11) is -0.334. The van der Waals surface area contributed by atoms with E-state index < -0.39 is 36.0 Å². The predicted octanol–water partition coefficient (Wildman–Crippen LogP) is -1.59. The summed E-state index contributed by atoms with van der Waals surface area (Å²) in [6, 6.07) is 7.13. The van der Waals surface area contributed by atoms with E-state index in [-0.39, 0.29) is 16.0 Å². The van der Waals surface area contributed by atoms with Crippen molar-refractivity contribution in [3.63, 3.8) is 0 Å². The van der Waals surface area contributed by atoms with E-state index in [9.17, 15) is 33.7 Å². The van der Waals surface area contributed by atoms with Crippen LogP contribution >= 0.6 is 0 Å². The number of alkyl halides is 2. The maximum Gasteiger partial charge on any atom is 0.369 e. The highest BCUT2D eigenvalue weighted by molar-refractivity contribution is 6.06. The van der Waals surface area contributed by atoms with E-state index in [1.165, 1.54) is 24.3 Å². The first kappa shape index (κ1) is 17.4. The maximum atomic E-state index is 13.4. The highest BCUT2D eigenvalue weighted by atomic mass is 28.2. The molecule has 0 saturated carbocycles. The molecule has 0 saturated heterocycles. The Bertz CT molecular complexity index is 510. The van der Waals surface area contributed by atoms with Crippen LogP contribution in [-0.4, -0.2) is 61.8 Å². The van der Waals surface area contributed by atoms with Gasteiger partial charge in [0, 0.05) is 5.56 Å². The molecular formula is C12H14F2O6Si. The Morgan fingerprint density at radius 3 is 2.14 bits per heavy atom. The van der Waals surface area contributed by atoms with Crippen LogP contribution in [0.4, 0.5) is 8.78 Å². The van der Waals surface area contributed by atoms with Crippen molar-refractivity contribution in [3.8, 4) is 0 Å². The summed E-state index contributed by atoms with van der Waals surface area (Å²) in [4.78, 5) is 22.6. The van der Waals surface area contributed by atoms with Gasteiger partial charge in [0.2, 0.25) is 10.5 Å². The summed E-state index contributed by atoms with van der Waals surface area (Å²) in [5, 5.41) is 28.4. The minimum atomic E-state index is -4.43. The second-order valence-corrected chi connectivity index (χ2v) is 4.63. The van der Waals surface area contributed by atoms with Crippen molar-refractivity contribution in [1.29, 1.82) is 0 Å². The minimum Gasteiger partial charge on any atom is -0.524 e. The third-order valence-corrected chi connectivity index (χ3v) is 3.17. The summed E-state index contributed by atoms with van der Waals surface area (Å²) in [5.74, 6) is -7.52. The standard InChI is InChI=1S/C12H14F2O6Si/c13-12(14,11(19)20-21)10(18)9(17)8(16)7(15)6-4-2-1-3-5-6/h1-5,8-10,16-18H,21H3/t8?,9-,10+/m1/s1. The van der Waals surface area contributed by atoms with Crippen LogP contribution in [0.15, 0.2) is 30.3 Å². The highest BCUT2D eigenvalue weighted by Gasteiger charge is 2.53. The molecule has 0 spiro atoms. The number of benzene rings is 1. The molecule has 1 unspecified atom stereocenters. The second-order valence-electron chi connectivity index (χ2n) is 4.23. The largest absolute Gasteiger partial charge is 0.524 e. The van der Waals surface area contributed by atoms with Gasteiger partial charge < -0.3 is 19.7 Å². The third-order valence-electron chi connectivity index (χ3n) is 2.80. The number of aliphatic hydroxyl groups excluding tert-OH is 3. The summed E-state index contributed by atoms with van der Waals surface area (Å²) in [6.07, 6.45) is -7.83. The van der Waals surface area contributed by atoms with E-state index in [1.807, 2.05) is 0 Å². The molecule has 0 radical (unpaired) electrons. The summed E-state index contributed by atoms with van der Waals surface area (Å²) in [5.41, 5.74) is -0.0370. The predicted molar refractivity (Wildman–Crippen MR) is 69.8 cm³/mol. The molecule has 1 rings (SSSR count). The lowest BCUT2D eigenvalue weighted by Crippen LogP contribution is -2.54. The molecule has 0 aliphatic rings. The van der Waals surface area contributed by atoms with Crippen LogP contribution in [-0.2, 0) is 9.22 Å². The maximum absolute atomic E-state index is 13.4. The third kappa shape index (κ3) is 3.70. The summed E-state index contributed by atoms with van der Waals surface area (Å²) < 4.78 is 30.7. The van der Waals surface area contributed by atoms with Crippen molar-refractivity contribution in [1.82, 2.24) is 0 Å². The smallest absolute Gasteiger partial charge is 0.369 e. The van der Waals surface area contributed by atoms with Crippen LogP contribution in [0, 0.1) is 0 Å². The highest BCUT2D eigenvalue weighted by Crippen LogP contribution is 2.25. The van der Waals surface area contributed by atoms with Crippen molar-refractivity contribution < 1.29 is 38.1 Å². The number of ketones is 1. The van der Waals surface area contributed by atoms with Gasteiger partial charge in [-0.15, -0.1) is 0 Å². The zero-order valence-electron chi connectivity index (χ0n) is 10.9. The van der Waals surface area contributed by atoms with Gasteiger partial charge in [0.1, 0.15) is 12.2 Å². The Balaban J connectivity index is 2.90. The Morgan fingerprint density at radius 1 is 1.14 bits per heavy atom. The second kappa shape index (κ2) is 6.85. The first-order chi connectivity index (χ1) is 9.73. The molecule has 0 aliphatic carbocycles. The van der Waals surface area contributed by atoms with Crippen LogP contribution < -0.4 is 0 Å². The molecule has 1 aromatic carbocycles. The minimum absolute atomic E-state index is 0.0370. The van der Waals surface area contributed by atoms with Gasteiger partial charge in [-0.25, -0.2) is 4.79 Å². The molecule has 3 N–H and O–H groups in total. The molecule has 0 aliphatic heterocycles. The van der Waals surface area contributed by atoms with E-state index in [4.69, 9.17) is 0 Å². The number of carbonyl (C=O) groups is 2. The average molecular weight is 320 g/mol. The molecule has 1 aromatic rings. The normalized spacial score (nSPS) is 16.0. The Hall–Kier alpha value is -1.68. The molecule has 3 atom stereocenters. The van der Waals surface area contributed by atoms with Gasteiger partial charge in [-0.05, 0) is 0 Å². The van der Waals surface area contributed by atoms with Crippen LogP contribution in [0.2, 0.25) is 0 Å². The number of carbonyl (C=O) groups excluding carboxylic acids is 2. The van der Waals surface area contributed by atoms with Crippen LogP contribution in [0.1, 0.15) is 10.4 Å². The molecule has 0 amide bonds. The van der Waals surface area contributed by atoms with Crippen molar-refractivity contribution in [3.05, 3.63) is 35.9 Å². The van der Waals surface area contributed by atoms with E-state index in [0.717, 1.165) is 0 Å². The molecule has 9 heteroatoms. The first-order valence-corrected chi connectivity index (χ1v) is 6.64.